The van der Waals surface area contributed by atoms with Crippen LogP contribution >= 0.6 is 22.9 Å². The zero-order valence-corrected chi connectivity index (χ0v) is 9.98. The minimum Gasteiger partial charge on any atom is -0.348 e. The largest absolute Gasteiger partial charge is 0.348 e. The molecule has 1 aromatic rings. The molecule has 0 saturated carbocycles. The highest BCUT2D eigenvalue weighted by Gasteiger charge is 2.39. The van der Waals surface area contributed by atoms with E-state index in [0.717, 1.165) is 4.88 Å². The minimum absolute atomic E-state index is 0.138. The zero-order valence-electron chi connectivity index (χ0n) is 8.40. The number of alkyl halides is 1. The summed E-state index contributed by atoms with van der Waals surface area (Å²) in [5.74, 6) is 0.0120. The highest BCUT2D eigenvalue weighted by atomic mass is 35.5. The Bertz CT molecular complexity index is 394. The van der Waals surface area contributed by atoms with Gasteiger partial charge in [-0.15, -0.1) is 22.9 Å². The van der Waals surface area contributed by atoms with Crippen molar-refractivity contribution in [3.63, 3.8) is 0 Å². The molecule has 0 aromatic carbocycles. The average Bonchev–Trinajstić information content (AvgIpc) is 2.75. The van der Waals surface area contributed by atoms with Crippen molar-refractivity contribution < 1.29 is 9.59 Å². The second-order valence-corrected chi connectivity index (χ2v) is 4.91. The van der Waals surface area contributed by atoms with Crippen LogP contribution in [0.4, 0.5) is 0 Å². The van der Waals surface area contributed by atoms with Gasteiger partial charge in [-0.1, -0.05) is 6.07 Å². The van der Waals surface area contributed by atoms with Crippen LogP contribution in [-0.4, -0.2) is 29.8 Å². The molecule has 0 aliphatic carbocycles. The van der Waals surface area contributed by atoms with Crippen molar-refractivity contribution in [2.75, 3.05) is 5.88 Å². The molecule has 16 heavy (non-hydrogen) atoms. The highest BCUT2D eigenvalue weighted by Crippen LogP contribution is 2.11. The Hall–Kier alpha value is -1.07. The van der Waals surface area contributed by atoms with E-state index < -0.39 is 6.04 Å². The number of amides is 2. The van der Waals surface area contributed by atoms with Crippen molar-refractivity contribution in [2.45, 2.75) is 18.5 Å². The summed E-state index contributed by atoms with van der Waals surface area (Å²) in [6, 6.07) is 3.18. The molecule has 1 aliphatic heterocycles. The smallest absolute Gasteiger partial charge is 0.245 e. The van der Waals surface area contributed by atoms with Crippen LogP contribution in [0, 0.1) is 0 Å². The van der Waals surface area contributed by atoms with E-state index in [1.807, 2.05) is 17.5 Å². The highest BCUT2D eigenvalue weighted by molar-refractivity contribution is 7.10. The van der Waals surface area contributed by atoms with E-state index in [4.69, 9.17) is 11.6 Å². The minimum atomic E-state index is -0.468. The second kappa shape index (κ2) is 4.84. The lowest BCUT2D eigenvalue weighted by atomic mass is 10.0. The van der Waals surface area contributed by atoms with Gasteiger partial charge in [-0.2, -0.15) is 0 Å². The molecule has 2 rings (SSSR count). The van der Waals surface area contributed by atoms with Crippen molar-refractivity contribution in [3.05, 3.63) is 22.4 Å². The van der Waals surface area contributed by atoms with Gasteiger partial charge >= 0.3 is 0 Å². The number of hydrogen-bond acceptors (Lipinski definition) is 3. The first kappa shape index (κ1) is 11.4. The first-order chi connectivity index (χ1) is 7.70. The van der Waals surface area contributed by atoms with Gasteiger partial charge < -0.3 is 10.6 Å². The zero-order chi connectivity index (χ0) is 11.5. The molecule has 2 atom stereocenters. The Morgan fingerprint density at radius 2 is 2.44 bits per heavy atom. The Kier molecular flexibility index (Phi) is 3.46. The predicted molar refractivity (Wildman–Crippen MR) is 62.6 cm³/mol. The first-order valence-electron chi connectivity index (χ1n) is 4.89. The van der Waals surface area contributed by atoms with Gasteiger partial charge in [0.1, 0.15) is 6.04 Å². The summed E-state index contributed by atoms with van der Waals surface area (Å²) in [5.41, 5.74) is 0. The molecule has 0 spiro atoms. The van der Waals surface area contributed by atoms with Crippen LogP contribution in [0.2, 0.25) is 0 Å². The quantitative estimate of drug-likeness (QED) is 0.611. The van der Waals surface area contributed by atoms with Gasteiger partial charge in [0.15, 0.2) is 0 Å². The lowest BCUT2D eigenvalue weighted by molar-refractivity contribution is -0.135. The summed E-state index contributed by atoms with van der Waals surface area (Å²) in [6.07, 6.45) is 0.316. The first-order valence-corrected chi connectivity index (χ1v) is 6.30. The number of halogens is 1. The molecule has 2 heterocycles. The van der Waals surface area contributed by atoms with Gasteiger partial charge in [-0.05, 0) is 11.4 Å². The average molecular weight is 259 g/mol. The van der Waals surface area contributed by atoms with Crippen molar-refractivity contribution in [3.8, 4) is 0 Å². The molecular weight excluding hydrogens is 248 g/mol. The molecule has 2 unspecified atom stereocenters. The fraction of sp³-hybridized carbons (Fsp3) is 0.400. The maximum Gasteiger partial charge on any atom is 0.245 e. The van der Waals surface area contributed by atoms with E-state index in [9.17, 15) is 9.59 Å². The maximum absolute atomic E-state index is 11.6. The normalized spacial score (nSPS) is 23.4. The maximum atomic E-state index is 11.6. The van der Waals surface area contributed by atoms with Gasteiger partial charge in [0.25, 0.3) is 0 Å². The van der Waals surface area contributed by atoms with Crippen LogP contribution in [0.15, 0.2) is 17.5 Å². The van der Waals surface area contributed by atoms with Crippen LogP contribution in [0.3, 0.4) is 0 Å². The van der Waals surface area contributed by atoms with Gasteiger partial charge in [-0.3, -0.25) is 9.59 Å². The molecule has 0 bridgehead atoms. The topological polar surface area (TPSA) is 58.2 Å². The third-order valence-corrected chi connectivity index (χ3v) is 3.62. The van der Waals surface area contributed by atoms with E-state index in [1.54, 1.807) is 0 Å². The molecule has 0 radical (unpaired) electrons. The van der Waals surface area contributed by atoms with Gasteiger partial charge in [0.05, 0.1) is 12.5 Å². The van der Waals surface area contributed by atoms with E-state index in [0.29, 0.717) is 12.3 Å². The van der Waals surface area contributed by atoms with Crippen LogP contribution in [0.5, 0.6) is 0 Å². The summed E-state index contributed by atoms with van der Waals surface area (Å²) in [5, 5.41) is 7.22. The molecule has 86 valence electrons. The molecule has 1 aliphatic rings. The Balaban J connectivity index is 1.85. The molecule has 2 amide bonds. The SMILES string of the molecule is O=C(Cc1cccs1)NC1C(=O)NC1CCl. The van der Waals surface area contributed by atoms with Crippen LogP contribution < -0.4 is 10.6 Å². The molecule has 6 heteroatoms. The lowest BCUT2D eigenvalue weighted by Crippen LogP contribution is -2.70. The standard InChI is InChI=1S/C10H11ClN2O2S/c11-5-7-9(10(15)12-7)13-8(14)4-6-2-1-3-16-6/h1-3,7,9H,4-5H2,(H,12,15)(H,13,14). The Labute approximate surface area is 102 Å². The summed E-state index contributed by atoms with van der Waals surface area (Å²) >= 11 is 7.15. The van der Waals surface area contributed by atoms with Crippen LogP contribution in [0.1, 0.15) is 4.88 Å². The predicted octanol–water partition coefficient (Wildman–Crippen LogP) is 0.513. The van der Waals surface area contributed by atoms with Crippen LogP contribution in [0.25, 0.3) is 0 Å². The molecule has 4 nitrogen and oxygen atoms in total. The van der Waals surface area contributed by atoms with E-state index in [1.165, 1.54) is 11.3 Å². The van der Waals surface area contributed by atoms with Crippen molar-refractivity contribution in [1.29, 1.82) is 0 Å². The number of carbonyl (C=O) groups excluding carboxylic acids is 2. The number of rotatable bonds is 4. The number of nitrogens with one attached hydrogen (secondary N) is 2. The number of thiophene rings is 1. The Morgan fingerprint density at radius 1 is 1.62 bits per heavy atom. The third-order valence-electron chi connectivity index (χ3n) is 2.41. The Morgan fingerprint density at radius 3 is 3.00 bits per heavy atom. The van der Waals surface area contributed by atoms with Gasteiger partial charge in [-0.25, -0.2) is 0 Å². The lowest BCUT2D eigenvalue weighted by Gasteiger charge is -2.35. The van der Waals surface area contributed by atoms with Crippen molar-refractivity contribution in [1.82, 2.24) is 10.6 Å². The summed E-state index contributed by atoms with van der Waals surface area (Å²) in [7, 11) is 0. The van der Waals surface area contributed by atoms with Gasteiger partial charge in [0.2, 0.25) is 11.8 Å². The molecule has 1 aromatic heterocycles. The number of hydrogen-bond donors (Lipinski definition) is 2. The second-order valence-electron chi connectivity index (χ2n) is 3.57. The fourth-order valence-corrected chi connectivity index (χ4v) is 2.49. The summed E-state index contributed by atoms with van der Waals surface area (Å²) in [4.78, 5) is 23.7. The monoisotopic (exact) mass is 258 g/mol. The van der Waals surface area contributed by atoms with Crippen LogP contribution in [-0.2, 0) is 16.0 Å². The summed E-state index contributed by atoms with van der Waals surface area (Å²) in [6.45, 7) is 0. The van der Waals surface area contributed by atoms with Crippen molar-refractivity contribution >= 4 is 34.8 Å². The van der Waals surface area contributed by atoms with Crippen molar-refractivity contribution in [2.24, 2.45) is 0 Å². The molecule has 1 fully saturated rings. The molecular formula is C10H11ClN2O2S. The van der Waals surface area contributed by atoms with Gasteiger partial charge in [0, 0.05) is 10.8 Å². The van der Waals surface area contributed by atoms with E-state index in [2.05, 4.69) is 10.6 Å². The molecule has 2 N–H and O–H groups in total. The number of β-lactam (4-membered cyclic amide) rings is 1. The number of carbonyl (C=O) groups is 2. The third kappa shape index (κ3) is 2.36. The fourth-order valence-electron chi connectivity index (χ4n) is 1.53. The molecule has 1 saturated heterocycles. The van der Waals surface area contributed by atoms with E-state index >= 15 is 0 Å². The van der Waals surface area contributed by atoms with E-state index in [-0.39, 0.29) is 17.9 Å². The summed E-state index contributed by atoms with van der Waals surface area (Å²) < 4.78 is 0.